The standard InChI is InChI=1S/C19H24N4O3S2/c1-12(17(24)20-14-7-8-15-16(11-14)26-10-9-25-15)27-19-23-22-18(28-19)21-13-5-3-2-4-6-13/h7-8,11-13H,2-6,9-10H2,1H3,(H,20,24)(H,21,22)/t12-/m1/s1. The number of rotatable bonds is 6. The number of amides is 1. The number of carbonyl (C=O) groups is 1. The zero-order valence-corrected chi connectivity index (χ0v) is 17.4. The smallest absolute Gasteiger partial charge is 0.237 e. The number of ether oxygens (including phenoxy) is 2. The van der Waals surface area contributed by atoms with Crippen LogP contribution >= 0.6 is 23.1 Å². The molecule has 28 heavy (non-hydrogen) atoms. The van der Waals surface area contributed by atoms with E-state index in [1.54, 1.807) is 6.07 Å². The third-order valence-corrected chi connectivity index (χ3v) is 6.83. The minimum atomic E-state index is -0.288. The zero-order chi connectivity index (χ0) is 19.3. The fourth-order valence-electron chi connectivity index (χ4n) is 3.31. The van der Waals surface area contributed by atoms with Crippen molar-refractivity contribution in [3.63, 3.8) is 0 Å². The van der Waals surface area contributed by atoms with Crippen molar-refractivity contribution >= 4 is 39.8 Å². The van der Waals surface area contributed by atoms with Crippen LogP contribution in [0.5, 0.6) is 11.5 Å². The molecule has 1 aliphatic carbocycles. The van der Waals surface area contributed by atoms with Crippen molar-refractivity contribution in [1.82, 2.24) is 10.2 Å². The van der Waals surface area contributed by atoms with Gasteiger partial charge in [0.25, 0.3) is 0 Å². The van der Waals surface area contributed by atoms with Crippen LogP contribution < -0.4 is 20.1 Å². The normalized spacial score (nSPS) is 17.8. The Kier molecular flexibility index (Phi) is 6.21. The van der Waals surface area contributed by atoms with E-state index in [4.69, 9.17) is 9.47 Å². The van der Waals surface area contributed by atoms with Gasteiger partial charge in [0.05, 0.1) is 5.25 Å². The summed E-state index contributed by atoms with van der Waals surface area (Å²) in [5.41, 5.74) is 0.693. The van der Waals surface area contributed by atoms with E-state index in [2.05, 4.69) is 20.8 Å². The van der Waals surface area contributed by atoms with Crippen molar-refractivity contribution in [2.75, 3.05) is 23.8 Å². The molecular weight excluding hydrogens is 396 g/mol. The van der Waals surface area contributed by atoms with Gasteiger partial charge in [0.15, 0.2) is 15.8 Å². The first kappa shape index (κ1) is 19.3. The number of nitrogens with zero attached hydrogens (tertiary/aromatic N) is 2. The highest BCUT2D eigenvalue weighted by atomic mass is 32.2. The van der Waals surface area contributed by atoms with E-state index in [9.17, 15) is 4.79 Å². The lowest BCUT2D eigenvalue weighted by atomic mass is 9.96. The maximum Gasteiger partial charge on any atom is 0.237 e. The SMILES string of the molecule is C[C@@H](Sc1nnc(NC2CCCCC2)s1)C(=O)Nc1ccc2c(c1)OCCO2. The first-order chi connectivity index (χ1) is 13.7. The summed E-state index contributed by atoms with van der Waals surface area (Å²) in [6.45, 7) is 2.93. The second-order valence-electron chi connectivity index (χ2n) is 6.96. The van der Waals surface area contributed by atoms with Crippen LogP contribution in [0.4, 0.5) is 10.8 Å². The van der Waals surface area contributed by atoms with Gasteiger partial charge < -0.3 is 20.1 Å². The molecule has 0 unspecified atom stereocenters. The van der Waals surface area contributed by atoms with Gasteiger partial charge in [-0.2, -0.15) is 0 Å². The molecule has 9 heteroatoms. The number of benzene rings is 1. The molecule has 7 nitrogen and oxygen atoms in total. The molecule has 0 saturated heterocycles. The number of aromatic nitrogens is 2. The third-order valence-electron chi connectivity index (χ3n) is 4.80. The van der Waals surface area contributed by atoms with Crippen molar-refractivity contribution in [3.8, 4) is 11.5 Å². The predicted molar refractivity (Wildman–Crippen MR) is 112 cm³/mol. The maximum absolute atomic E-state index is 12.5. The van der Waals surface area contributed by atoms with Crippen molar-refractivity contribution < 1.29 is 14.3 Å². The Morgan fingerprint density at radius 3 is 2.79 bits per heavy atom. The van der Waals surface area contributed by atoms with Gasteiger partial charge in [-0.05, 0) is 31.9 Å². The molecule has 1 aromatic carbocycles. The van der Waals surface area contributed by atoms with Crippen LogP contribution in [0, 0.1) is 0 Å². The lowest BCUT2D eigenvalue weighted by molar-refractivity contribution is -0.115. The quantitative estimate of drug-likeness (QED) is 0.678. The van der Waals surface area contributed by atoms with Gasteiger partial charge >= 0.3 is 0 Å². The van der Waals surface area contributed by atoms with Crippen LogP contribution in [0.1, 0.15) is 39.0 Å². The second-order valence-corrected chi connectivity index (χ2v) is 9.53. The van der Waals surface area contributed by atoms with Crippen molar-refractivity contribution in [3.05, 3.63) is 18.2 Å². The van der Waals surface area contributed by atoms with Crippen LogP contribution in [-0.4, -0.2) is 40.6 Å². The number of hydrogen-bond acceptors (Lipinski definition) is 8. The molecule has 0 spiro atoms. The first-order valence-electron chi connectivity index (χ1n) is 9.64. The van der Waals surface area contributed by atoms with Gasteiger partial charge in [-0.15, -0.1) is 10.2 Å². The first-order valence-corrected chi connectivity index (χ1v) is 11.3. The number of nitrogens with one attached hydrogen (secondary N) is 2. The average molecular weight is 421 g/mol. The van der Waals surface area contributed by atoms with Crippen LogP contribution in [0.2, 0.25) is 0 Å². The Bertz CT molecular complexity index is 823. The molecule has 0 bridgehead atoms. The maximum atomic E-state index is 12.5. The monoisotopic (exact) mass is 420 g/mol. The molecule has 150 valence electrons. The summed E-state index contributed by atoms with van der Waals surface area (Å²) in [6, 6.07) is 5.92. The minimum Gasteiger partial charge on any atom is -0.486 e. The Balaban J connectivity index is 1.30. The van der Waals surface area contributed by atoms with Crippen molar-refractivity contribution in [2.24, 2.45) is 0 Å². The summed E-state index contributed by atoms with van der Waals surface area (Å²) in [5, 5.41) is 15.4. The Morgan fingerprint density at radius 1 is 1.18 bits per heavy atom. The summed E-state index contributed by atoms with van der Waals surface area (Å²) in [5.74, 6) is 1.28. The minimum absolute atomic E-state index is 0.0846. The van der Waals surface area contributed by atoms with Gasteiger partial charge in [-0.3, -0.25) is 4.79 Å². The van der Waals surface area contributed by atoms with E-state index in [0.29, 0.717) is 36.4 Å². The fourth-order valence-corrected chi connectivity index (χ4v) is 5.28. The highest BCUT2D eigenvalue weighted by Crippen LogP contribution is 2.34. The molecule has 2 aliphatic rings. The second kappa shape index (κ2) is 9.00. The summed E-state index contributed by atoms with van der Waals surface area (Å²) in [6.07, 6.45) is 6.25. The fraction of sp³-hybridized carbons (Fsp3) is 0.526. The molecule has 1 amide bonds. The largest absolute Gasteiger partial charge is 0.486 e. The summed E-state index contributed by atoms with van der Waals surface area (Å²) in [4.78, 5) is 12.5. The van der Waals surface area contributed by atoms with E-state index in [-0.39, 0.29) is 11.2 Å². The zero-order valence-electron chi connectivity index (χ0n) is 15.8. The molecule has 2 aromatic rings. The van der Waals surface area contributed by atoms with Gasteiger partial charge in [-0.25, -0.2) is 0 Å². The molecule has 2 N–H and O–H groups in total. The van der Waals surface area contributed by atoms with Gasteiger partial charge in [0, 0.05) is 17.8 Å². The molecule has 0 radical (unpaired) electrons. The summed E-state index contributed by atoms with van der Waals surface area (Å²) in [7, 11) is 0. The van der Waals surface area contributed by atoms with E-state index in [0.717, 1.165) is 9.47 Å². The summed E-state index contributed by atoms with van der Waals surface area (Å²) < 4.78 is 11.9. The van der Waals surface area contributed by atoms with Crippen LogP contribution in [0.3, 0.4) is 0 Å². The lowest BCUT2D eigenvalue weighted by Gasteiger charge is -2.21. The molecule has 4 rings (SSSR count). The van der Waals surface area contributed by atoms with E-state index in [1.165, 1.54) is 55.2 Å². The lowest BCUT2D eigenvalue weighted by Crippen LogP contribution is -2.22. The van der Waals surface area contributed by atoms with Crippen LogP contribution in [-0.2, 0) is 4.79 Å². The summed E-state index contributed by atoms with van der Waals surface area (Å²) >= 11 is 2.93. The molecule has 1 aliphatic heterocycles. The number of fused-ring (bicyclic) bond motifs is 1. The van der Waals surface area contributed by atoms with Gasteiger partial charge in [0.2, 0.25) is 11.0 Å². The van der Waals surface area contributed by atoms with Crippen molar-refractivity contribution in [1.29, 1.82) is 0 Å². The molecule has 1 fully saturated rings. The molecule has 1 aromatic heterocycles. The highest BCUT2D eigenvalue weighted by molar-refractivity contribution is 8.02. The Labute approximate surface area is 172 Å². The molecule has 1 atom stereocenters. The Hall–Kier alpha value is -2.00. The van der Waals surface area contributed by atoms with Crippen LogP contribution in [0.25, 0.3) is 0 Å². The predicted octanol–water partition coefficient (Wildman–Crippen LogP) is 4.17. The molecule has 1 saturated carbocycles. The van der Waals surface area contributed by atoms with E-state index >= 15 is 0 Å². The number of anilines is 2. The average Bonchev–Trinajstić information content (AvgIpc) is 3.15. The Morgan fingerprint density at radius 2 is 1.96 bits per heavy atom. The van der Waals surface area contributed by atoms with Gasteiger partial charge in [0.1, 0.15) is 13.2 Å². The number of carbonyl (C=O) groups excluding carboxylic acids is 1. The van der Waals surface area contributed by atoms with E-state index < -0.39 is 0 Å². The number of hydrogen-bond donors (Lipinski definition) is 2. The van der Waals surface area contributed by atoms with E-state index in [1.807, 2.05) is 19.1 Å². The van der Waals surface area contributed by atoms with Crippen LogP contribution in [0.15, 0.2) is 22.5 Å². The molecular formula is C19H24N4O3S2. The van der Waals surface area contributed by atoms with Crippen molar-refractivity contribution in [2.45, 2.75) is 54.7 Å². The topological polar surface area (TPSA) is 85.4 Å². The molecule has 2 heterocycles. The third kappa shape index (κ3) is 4.88. The van der Waals surface area contributed by atoms with Gasteiger partial charge in [-0.1, -0.05) is 42.4 Å². The number of thioether (sulfide) groups is 1. The highest BCUT2D eigenvalue weighted by Gasteiger charge is 2.20.